The lowest BCUT2D eigenvalue weighted by molar-refractivity contribution is 0.0671. The number of carboxylic acid groups (broad SMARTS) is 1. The second-order valence-corrected chi connectivity index (χ2v) is 3.87. The van der Waals surface area contributed by atoms with E-state index in [1.165, 1.54) is 0 Å². The van der Waals surface area contributed by atoms with Gasteiger partial charge in [0.1, 0.15) is 5.69 Å². The highest BCUT2D eigenvalue weighted by Gasteiger charge is 2.19. The molecule has 4 heteroatoms. The minimum absolute atomic E-state index is 0.0658. The van der Waals surface area contributed by atoms with E-state index in [0.717, 1.165) is 0 Å². The Bertz CT molecular complexity index is 330. The van der Waals surface area contributed by atoms with E-state index in [0.29, 0.717) is 18.2 Å². The van der Waals surface area contributed by atoms with E-state index in [1.54, 1.807) is 30.0 Å². The third-order valence-corrected chi connectivity index (χ3v) is 2.46. The van der Waals surface area contributed by atoms with E-state index >= 15 is 0 Å². The fraction of sp³-hybridized carbons (Fsp3) is 0.545. The molecule has 0 aliphatic rings. The number of carboxylic acids is 1. The van der Waals surface area contributed by atoms with Crippen LogP contribution in [0.15, 0.2) is 18.3 Å². The van der Waals surface area contributed by atoms with Gasteiger partial charge in [0.15, 0.2) is 0 Å². The molecule has 0 aromatic carbocycles. The number of ether oxygens (including phenoxy) is 1. The van der Waals surface area contributed by atoms with Crippen LogP contribution in [0.4, 0.5) is 0 Å². The first kappa shape index (κ1) is 11.8. The van der Waals surface area contributed by atoms with Gasteiger partial charge in [0.25, 0.3) is 0 Å². The molecule has 84 valence electrons. The maximum absolute atomic E-state index is 11.0. The summed E-state index contributed by atoms with van der Waals surface area (Å²) < 4.78 is 6.87. The minimum Gasteiger partial charge on any atom is -0.477 e. The number of nitrogens with zero attached hydrogens (tertiary/aromatic N) is 1. The average Bonchev–Trinajstić information content (AvgIpc) is 2.61. The van der Waals surface area contributed by atoms with Crippen molar-refractivity contribution in [2.45, 2.75) is 19.9 Å². The predicted octanol–water partition coefficient (Wildman–Crippen LogP) is 2.03. The number of hydrogen-bond acceptors (Lipinski definition) is 2. The molecule has 0 spiro atoms. The number of hydrogen-bond donors (Lipinski definition) is 1. The SMILES string of the molecule is COCC(C(C)C)n1cccc1C(=O)O. The molecule has 0 amide bonds. The van der Waals surface area contributed by atoms with Crippen molar-refractivity contribution in [1.29, 1.82) is 0 Å². The molecule has 4 nitrogen and oxygen atoms in total. The molecule has 1 N–H and O–H groups in total. The maximum atomic E-state index is 11.0. The highest BCUT2D eigenvalue weighted by molar-refractivity contribution is 5.85. The maximum Gasteiger partial charge on any atom is 0.352 e. The lowest BCUT2D eigenvalue weighted by atomic mass is 10.1. The van der Waals surface area contributed by atoms with Gasteiger partial charge < -0.3 is 14.4 Å². The van der Waals surface area contributed by atoms with Gasteiger partial charge in [-0.3, -0.25) is 0 Å². The summed E-state index contributed by atoms with van der Waals surface area (Å²) in [6.07, 6.45) is 1.78. The Hall–Kier alpha value is -1.29. The Labute approximate surface area is 89.5 Å². The van der Waals surface area contributed by atoms with Gasteiger partial charge in [-0.15, -0.1) is 0 Å². The lowest BCUT2D eigenvalue weighted by Gasteiger charge is -2.23. The van der Waals surface area contributed by atoms with E-state index in [9.17, 15) is 4.79 Å². The summed E-state index contributed by atoms with van der Waals surface area (Å²) >= 11 is 0. The molecule has 0 fully saturated rings. The molecule has 0 radical (unpaired) electrons. The molecule has 1 aromatic rings. The Morgan fingerprint density at radius 3 is 2.73 bits per heavy atom. The van der Waals surface area contributed by atoms with Crippen molar-refractivity contribution < 1.29 is 14.6 Å². The third-order valence-electron chi connectivity index (χ3n) is 2.46. The Morgan fingerprint density at radius 2 is 2.27 bits per heavy atom. The van der Waals surface area contributed by atoms with E-state index in [-0.39, 0.29) is 6.04 Å². The first-order valence-corrected chi connectivity index (χ1v) is 4.97. The van der Waals surface area contributed by atoms with Gasteiger partial charge in [0.05, 0.1) is 12.6 Å². The summed E-state index contributed by atoms with van der Waals surface area (Å²) in [5.41, 5.74) is 0.311. The van der Waals surface area contributed by atoms with Gasteiger partial charge in [-0.05, 0) is 18.1 Å². The summed E-state index contributed by atoms with van der Waals surface area (Å²) in [5, 5.41) is 8.99. The number of aromatic carboxylic acids is 1. The first-order valence-electron chi connectivity index (χ1n) is 4.97. The third kappa shape index (κ3) is 2.59. The summed E-state index contributed by atoms with van der Waals surface area (Å²) in [5.74, 6) is -0.572. The van der Waals surface area contributed by atoms with Crippen molar-refractivity contribution in [2.24, 2.45) is 5.92 Å². The van der Waals surface area contributed by atoms with Crippen LogP contribution in [0.3, 0.4) is 0 Å². The lowest BCUT2D eigenvalue weighted by Crippen LogP contribution is -2.22. The largest absolute Gasteiger partial charge is 0.477 e. The number of carbonyl (C=O) groups is 1. The number of rotatable bonds is 5. The molecular formula is C11H17NO3. The van der Waals surface area contributed by atoms with Crippen LogP contribution in [-0.2, 0) is 4.74 Å². The molecule has 0 saturated carbocycles. The summed E-state index contributed by atoms with van der Waals surface area (Å²) in [6, 6.07) is 3.41. The van der Waals surface area contributed by atoms with E-state index in [2.05, 4.69) is 13.8 Å². The van der Waals surface area contributed by atoms with E-state index in [4.69, 9.17) is 9.84 Å². The van der Waals surface area contributed by atoms with Crippen LogP contribution in [0.1, 0.15) is 30.4 Å². The zero-order chi connectivity index (χ0) is 11.4. The van der Waals surface area contributed by atoms with Crippen LogP contribution < -0.4 is 0 Å². The first-order chi connectivity index (χ1) is 7.07. The van der Waals surface area contributed by atoms with Crippen molar-refractivity contribution in [3.63, 3.8) is 0 Å². The monoisotopic (exact) mass is 211 g/mol. The van der Waals surface area contributed by atoms with Gasteiger partial charge in [0.2, 0.25) is 0 Å². The Morgan fingerprint density at radius 1 is 1.60 bits per heavy atom. The topological polar surface area (TPSA) is 51.5 Å². The van der Waals surface area contributed by atoms with E-state index < -0.39 is 5.97 Å². The highest BCUT2D eigenvalue weighted by Crippen LogP contribution is 2.20. The van der Waals surface area contributed by atoms with Gasteiger partial charge in [-0.25, -0.2) is 4.79 Å². The van der Waals surface area contributed by atoms with Gasteiger partial charge >= 0.3 is 5.97 Å². The molecule has 15 heavy (non-hydrogen) atoms. The van der Waals surface area contributed by atoms with Gasteiger partial charge in [0, 0.05) is 13.3 Å². The van der Waals surface area contributed by atoms with Crippen molar-refractivity contribution in [3.05, 3.63) is 24.0 Å². The van der Waals surface area contributed by atoms with Crippen LogP contribution in [0.5, 0.6) is 0 Å². The van der Waals surface area contributed by atoms with Crippen molar-refractivity contribution in [2.75, 3.05) is 13.7 Å². The molecule has 0 bridgehead atoms. The molecule has 1 rings (SSSR count). The second kappa shape index (κ2) is 4.98. The quantitative estimate of drug-likeness (QED) is 0.810. The van der Waals surface area contributed by atoms with Gasteiger partial charge in [-0.2, -0.15) is 0 Å². The van der Waals surface area contributed by atoms with Crippen LogP contribution in [-0.4, -0.2) is 29.4 Å². The van der Waals surface area contributed by atoms with Crippen molar-refractivity contribution >= 4 is 5.97 Å². The average molecular weight is 211 g/mol. The zero-order valence-corrected chi connectivity index (χ0v) is 9.30. The molecule has 0 saturated heterocycles. The van der Waals surface area contributed by atoms with Crippen LogP contribution in [0.2, 0.25) is 0 Å². The van der Waals surface area contributed by atoms with Crippen molar-refractivity contribution in [1.82, 2.24) is 4.57 Å². The standard InChI is InChI=1S/C11H17NO3/c1-8(2)10(7-15-3)12-6-4-5-9(12)11(13)14/h4-6,8,10H,7H2,1-3H3,(H,13,14). The smallest absolute Gasteiger partial charge is 0.352 e. The fourth-order valence-corrected chi connectivity index (χ4v) is 1.63. The molecule has 1 heterocycles. The molecule has 0 aliphatic carbocycles. The summed E-state index contributed by atoms with van der Waals surface area (Å²) in [4.78, 5) is 11.0. The zero-order valence-electron chi connectivity index (χ0n) is 9.30. The minimum atomic E-state index is -0.901. The van der Waals surface area contributed by atoms with Crippen LogP contribution in [0.25, 0.3) is 0 Å². The Kier molecular flexibility index (Phi) is 3.91. The summed E-state index contributed by atoms with van der Waals surface area (Å²) in [6.45, 7) is 4.62. The highest BCUT2D eigenvalue weighted by atomic mass is 16.5. The summed E-state index contributed by atoms with van der Waals surface area (Å²) in [7, 11) is 1.62. The van der Waals surface area contributed by atoms with Crippen LogP contribution >= 0.6 is 0 Å². The second-order valence-electron chi connectivity index (χ2n) is 3.87. The van der Waals surface area contributed by atoms with Crippen molar-refractivity contribution in [3.8, 4) is 0 Å². The molecule has 1 unspecified atom stereocenters. The normalized spacial score (nSPS) is 13.1. The molecule has 1 aromatic heterocycles. The molecular weight excluding hydrogens is 194 g/mol. The predicted molar refractivity (Wildman–Crippen MR) is 57.1 cm³/mol. The number of methoxy groups -OCH3 is 1. The number of aromatic nitrogens is 1. The molecule has 0 aliphatic heterocycles. The molecule has 1 atom stereocenters. The fourth-order valence-electron chi connectivity index (χ4n) is 1.63. The van der Waals surface area contributed by atoms with E-state index in [1.807, 2.05) is 0 Å². The van der Waals surface area contributed by atoms with Crippen LogP contribution in [0, 0.1) is 5.92 Å². The van der Waals surface area contributed by atoms with Gasteiger partial charge in [-0.1, -0.05) is 13.8 Å². The Balaban J connectivity index is 3.00.